The summed E-state index contributed by atoms with van der Waals surface area (Å²) in [6.45, 7) is 5.65. The van der Waals surface area contributed by atoms with E-state index >= 15 is 0 Å². The molecule has 1 fully saturated rings. The Morgan fingerprint density at radius 1 is 1.03 bits per heavy atom. The first kappa shape index (κ1) is 20.8. The number of methoxy groups -OCH3 is 1. The van der Waals surface area contributed by atoms with Gasteiger partial charge in [-0.15, -0.1) is 5.10 Å². The molecular weight excluding hydrogens is 422 g/mol. The molecule has 0 spiro atoms. The molecule has 4 aromatic rings. The molecule has 1 saturated heterocycles. The van der Waals surface area contributed by atoms with Crippen LogP contribution in [0.15, 0.2) is 54.6 Å². The zero-order chi connectivity index (χ0) is 22.1. The summed E-state index contributed by atoms with van der Waals surface area (Å²) in [7, 11) is 1.67. The Morgan fingerprint density at radius 2 is 1.75 bits per heavy atom. The van der Waals surface area contributed by atoms with E-state index in [1.165, 1.54) is 17.0 Å². The van der Waals surface area contributed by atoms with Crippen molar-refractivity contribution in [2.75, 3.05) is 38.2 Å². The number of aromatic hydroxyl groups is 1. The van der Waals surface area contributed by atoms with E-state index < -0.39 is 0 Å². The standard InChI is InChI=1S/C24H27N5O2S/c1-3-20-25-24-29(26-20)23(30)22(32-24)21(17-9-11-19(31-2)12-10-17)28-15-13-27(14-16-28)18-7-5-4-6-8-18/h4-12,21,30H,3,13-16H2,1-2H3/t21-/m1/s1. The van der Waals surface area contributed by atoms with Crippen LogP contribution >= 0.6 is 11.3 Å². The van der Waals surface area contributed by atoms with Crippen LogP contribution in [0.1, 0.15) is 29.2 Å². The molecule has 166 valence electrons. The lowest BCUT2D eigenvalue weighted by atomic mass is 10.0. The zero-order valence-corrected chi connectivity index (χ0v) is 19.1. The zero-order valence-electron chi connectivity index (χ0n) is 18.3. The minimum atomic E-state index is -0.0718. The van der Waals surface area contributed by atoms with Crippen LogP contribution < -0.4 is 9.64 Å². The molecule has 1 N–H and O–H groups in total. The van der Waals surface area contributed by atoms with Crippen molar-refractivity contribution in [1.82, 2.24) is 19.5 Å². The van der Waals surface area contributed by atoms with Crippen LogP contribution in [0.5, 0.6) is 11.6 Å². The number of piperazine rings is 1. The summed E-state index contributed by atoms with van der Waals surface area (Å²) in [5, 5.41) is 15.6. The number of ether oxygens (including phenoxy) is 1. The monoisotopic (exact) mass is 449 g/mol. The Bertz CT molecular complexity index is 1180. The SMILES string of the molecule is CCc1nc2sc([C@@H](c3ccc(OC)cc3)N3CCN(c4ccccc4)CC3)c(O)n2n1. The highest BCUT2D eigenvalue weighted by molar-refractivity contribution is 7.17. The van der Waals surface area contributed by atoms with Crippen molar-refractivity contribution in [3.8, 4) is 11.6 Å². The molecule has 0 radical (unpaired) electrons. The van der Waals surface area contributed by atoms with Crippen molar-refractivity contribution in [2.45, 2.75) is 19.4 Å². The van der Waals surface area contributed by atoms with Gasteiger partial charge in [-0.1, -0.05) is 48.6 Å². The van der Waals surface area contributed by atoms with Crippen LogP contribution in [-0.2, 0) is 6.42 Å². The summed E-state index contributed by atoms with van der Waals surface area (Å²) < 4.78 is 6.94. The molecular formula is C24H27N5O2S. The third-order valence-electron chi connectivity index (χ3n) is 6.04. The Balaban J connectivity index is 1.48. The van der Waals surface area contributed by atoms with Gasteiger partial charge in [-0.05, 0) is 29.8 Å². The molecule has 3 heterocycles. The number of hydrogen-bond acceptors (Lipinski definition) is 7. The molecule has 0 aliphatic carbocycles. The molecule has 0 amide bonds. The minimum absolute atomic E-state index is 0.0718. The number of anilines is 1. The fourth-order valence-corrected chi connectivity index (χ4v) is 5.45. The summed E-state index contributed by atoms with van der Waals surface area (Å²) in [5.41, 5.74) is 2.37. The van der Waals surface area contributed by atoms with Gasteiger partial charge in [-0.3, -0.25) is 4.90 Å². The van der Waals surface area contributed by atoms with Crippen molar-refractivity contribution in [3.63, 3.8) is 0 Å². The van der Waals surface area contributed by atoms with Gasteiger partial charge in [-0.2, -0.15) is 4.52 Å². The Kier molecular flexibility index (Phi) is 5.71. The molecule has 8 heteroatoms. The number of benzene rings is 2. The van der Waals surface area contributed by atoms with Gasteiger partial charge in [0.2, 0.25) is 10.8 Å². The van der Waals surface area contributed by atoms with Gasteiger partial charge >= 0.3 is 0 Å². The number of rotatable bonds is 6. The maximum Gasteiger partial charge on any atom is 0.230 e. The highest BCUT2D eigenvalue weighted by atomic mass is 32.1. The average molecular weight is 450 g/mol. The summed E-state index contributed by atoms with van der Waals surface area (Å²) in [5.74, 6) is 1.75. The Hall–Kier alpha value is -3.10. The van der Waals surface area contributed by atoms with E-state index in [2.05, 4.69) is 56.3 Å². The van der Waals surface area contributed by atoms with Crippen molar-refractivity contribution < 1.29 is 9.84 Å². The van der Waals surface area contributed by atoms with E-state index in [1.807, 2.05) is 25.1 Å². The van der Waals surface area contributed by atoms with E-state index in [-0.39, 0.29) is 11.9 Å². The molecule has 5 rings (SSSR count). The lowest BCUT2D eigenvalue weighted by molar-refractivity contribution is 0.211. The van der Waals surface area contributed by atoms with Gasteiger partial charge in [0.1, 0.15) is 5.75 Å². The highest BCUT2D eigenvalue weighted by Crippen LogP contribution is 2.40. The maximum atomic E-state index is 11.1. The number of aryl methyl sites for hydroxylation is 1. The summed E-state index contributed by atoms with van der Waals surface area (Å²) >= 11 is 1.52. The number of aromatic nitrogens is 3. The van der Waals surface area contributed by atoms with Gasteiger partial charge in [0.15, 0.2) is 5.82 Å². The fourth-order valence-electron chi connectivity index (χ4n) is 4.31. The van der Waals surface area contributed by atoms with E-state index in [0.717, 1.165) is 59.6 Å². The minimum Gasteiger partial charge on any atom is -0.497 e. The Labute approximate surface area is 191 Å². The van der Waals surface area contributed by atoms with Gasteiger partial charge < -0.3 is 14.7 Å². The van der Waals surface area contributed by atoms with Crippen LogP contribution in [0.25, 0.3) is 4.96 Å². The van der Waals surface area contributed by atoms with Crippen LogP contribution in [0.3, 0.4) is 0 Å². The average Bonchev–Trinajstić information content (AvgIpc) is 3.40. The third-order valence-corrected chi connectivity index (χ3v) is 7.11. The fraction of sp³-hybridized carbons (Fsp3) is 0.333. The van der Waals surface area contributed by atoms with Crippen molar-refractivity contribution in [3.05, 3.63) is 70.9 Å². The molecule has 2 aromatic heterocycles. The molecule has 1 aliphatic heterocycles. The number of para-hydroxylation sites is 1. The normalized spacial score (nSPS) is 15.9. The van der Waals surface area contributed by atoms with Crippen LogP contribution in [0.2, 0.25) is 0 Å². The molecule has 1 aliphatic rings. The highest BCUT2D eigenvalue weighted by Gasteiger charge is 2.31. The quantitative estimate of drug-likeness (QED) is 0.480. The van der Waals surface area contributed by atoms with Gasteiger partial charge in [-0.25, -0.2) is 4.98 Å². The maximum absolute atomic E-state index is 11.1. The van der Waals surface area contributed by atoms with Crippen molar-refractivity contribution in [2.24, 2.45) is 0 Å². The largest absolute Gasteiger partial charge is 0.497 e. The topological polar surface area (TPSA) is 66.1 Å². The second-order valence-corrected chi connectivity index (χ2v) is 8.91. The third kappa shape index (κ3) is 3.80. The van der Waals surface area contributed by atoms with E-state index in [4.69, 9.17) is 4.74 Å². The summed E-state index contributed by atoms with van der Waals surface area (Å²) in [4.78, 5) is 11.0. The van der Waals surface area contributed by atoms with Crippen molar-refractivity contribution in [1.29, 1.82) is 0 Å². The van der Waals surface area contributed by atoms with Crippen LogP contribution in [0, 0.1) is 0 Å². The van der Waals surface area contributed by atoms with Crippen LogP contribution in [0.4, 0.5) is 5.69 Å². The Morgan fingerprint density at radius 3 is 2.38 bits per heavy atom. The first-order valence-corrected chi connectivity index (χ1v) is 11.7. The second kappa shape index (κ2) is 8.80. The number of nitrogens with zero attached hydrogens (tertiary/aromatic N) is 5. The molecule has 7 nitrogen and oxygen atoms in total. The number of fused-ring (bicyclic) bond motifs is 1. The molecule has 0 unspecified atom stereocenters. The lowest BCUT2D eigenvalue weighted by Gasteiger charge is -2.40. The molecule has 32 heavy (non-hydrogen) atoms. The van der Waals surface area contributed by atoms with E-state index in [1.54, 1.807) is 11.6 Å². The smallest absolute Gasteiger partial charge is 0.230 e. The lowest BCUT2D eigenvalue weighted by Crippen LogP contribution is -2.47. The van der Waals surface area contributed by atoms with E-state index in [9.17, 15) is 5.11 Å². The predicted molar refractivity (Wildman–Crippen MR) is 127 cm³/mol. The number of thiazole rings is 1. The van der Waals surface area contributed by atoms with Gasteiger partial charge in [0.25, 0.3) is 0 Å². The molecule has 0 saturated carbocycles. The first-order valence-electron chi connectivity index (χ1n) is 10.9. The predicted octanol–water partition coefficient (Wildman–Crippen LogP) is 3.98. The summed E-state index contributed by atoms with van der Waals surface area (Å²) in [6, 6.07) is 18.6. The van der Waals surface area contributed by atoms with E-state index in [0.29, 0.717) is 0 Å². The first-order chi connectivity index (χ1) is 15.7. The number of hydrogen-bond donors (Lipinski definition) is 1. The molecule has 0 bridgehead atoms. The summed E-state index contributed by atoms with van der Waals surface area (Å²) in [6.07, 6.45) is 0.743. The second-order valence-electron chi connectivity index (χ2n) is 7.90. The van der Waals surface area contributed by atoms with Crippen molar-refractivity contribution >= 4 is 22.0 Å². The van der Waals surface area contributed by atoms with Crippen LogP contribution in [-0.4, -0.2) is 57.9 Å². The van der Waals surface area contributed by atoms with Gasteiger partial charge in [0, 0.05) is 38.3 Å². The molecule has 1 atom stereocenters. The molecule has 2 aromatic carbocycles. The van der Waals surface area contributed by atoms with Gasteiger partial charge in [0.05, 0.1) is 18.0 Å².